The Labute approximate surface area is 95.4 Å². The molecule has 0 N–H and O–H groups in total. The molecule has 0 saturated carbocycles. The number of carbonyl (C=O) groups is 1. The van der Waals surface area contributed by atoms with Crippen LogP contribution in [-0.4, -0.2) is 18.9 Å². The second kappa shape index (κ2) is 5.22. The summed E-state index contributed by atoms with van der Waals surface area (Å²) in [4.78, 5) is 10.9. The second-order valence-electron chi connectivity index (χ2n) is 3.68. The van der Waals surface area contributed by atoms with Gasteiger partial charge in [0.25, 0.3) is 0 Å². The molecule has 0 unspecified atom stereocenters. The summed E-state index contributed by atoms with van der Waals surface area (Å²) in [5, 5.41) is 0. The highest BCUT2D eigenvalue weighted by Gasteiger charge is 2.20. The van der Waals surface area contributed by atoms with Gasteiger partial charge in [-0.3, -0.25) is 0 Å². The fraction of sp³-hybridized carbons (Fsp3) is 0.308. The number of ether oxygens (including phenoxy) is 2. The van der Waals surface area contributed by atoms with Crippen LogP contribution in [-0.2, 0) is 9.47 Å². The van der Waals surface area contributed by atoms with Gasteiger partial charge in [-0.15, -0.1) is 0 Å². The highest BCUT2D eigenvalue weighted by atomic mass is 16.7. The molecule has 0 spiro atoms. The van der Waals surface area contributed by atoms with E-state index in [1.54, 1.807) is 13.8 Å². The van der Waals surface area contributed by atoms with E-state index < -0.39 is 11.8 Å². The Morgan fingerprint density at radius 3 is 2.44 bits per heavy atom. The molecule has 0 saturated heterocycles. The molecule has 16 heavy (non-hydrogen) atoms. The largest absolute Gasteiger partial charge is 0.509 e. The predicted molar refractivity (Wildman–Crippen MR) is 60.9 cm³/mol. The summed E-state index contributed by atoms with van der Waals surface area (Å²) in [7, 11) is 1.27. The molecule has 1 aromatic rings. The van der Waals surface area contributed by atoms with Crippen molar-refractivity contribution in [1.82, 2.24) is 0 Å². The lowest BCUT2D eigenvalue weighted by Gasteiger charge is -2.17. The van der Waals surface area contributed by atoms with Gasteiger partial charge in [0.2, 0.25) is 0 Å². The first-order valence-electron chi connectivity index (χ1n) is 4.89. The van der Waals surface area contributed by atoms with Crippen LogP contribution in [0.5, 0.6) is 0 Å². The minimum absolute atomic E-state index is 0.729. The number of hydrogen-bond acceptors (Lipinski definition) is 3. The average molecular weight is 218 g/mol. The lowest BCUT2D eigenvalue weighted by molar-refractivity contribution is 0.0221. The van der Waals surface area contributed by atoms with E-state index in [4.69, 9.17) is 4.74 Å². The summed E-state index contributed by atoms with van der Waals surface area (Å²) in [5.74, 6) is 5.80. The number of rotatable bonds is 1. The van der Waals surface area contributed by atoms with Gasteiger partial charge in [0.05, 0.1) is 7.11 Å². The number of benzene rings is 1. The Bertz CT molecular complexity index is 410. The van der Waals surface area contributed by atoms with Gasteiger partial charge in [-0.2, -0.15) is 0 Å². The molecule has 0 aliphatic heterocycles. The first-order chi connectivity index (χ1) is 7.53. The van der Waals surface area contributed by atoms with Crippen LogP contribution in [0.2, 0.25) is 0 Å². The predicted octanol–water partition coefficient (Wildman–Crippen LogP) is 2.60. The molecule has 0 amide bonds. The van der Waals surface area contributed by atoms with Gasteiger partial charge in [0.15, 0.2) is 5.60 Å². The zero-order valence-corrected chi connectivity index (χ0v) is 9.61. The van der Waals surface area contributed by atoms with Gasteiger partial charge < -0.3 is 9.47 Å². The van der Waals surface area contributed by atoms with Crippen molar-refractivity contribution in [1.29, 1.82) is 0 Å². The minimum atomic E-state index is -0.858. The zero-order valence-electron chi connectivity index (χ0n) is 9.61. The average Bonchev–Trinajstić information content (AvgIpc) is 2.27. The molecule has 0 heterocycles. The van der Waals surface area contributed by atoms with Crippen molar-refractivity contribution in [3.05, 3.63) is 35.9 Å². The molecule has 0 radical (unpaired) electrons. The van der Waals surface area contributed by atoms with Gasteiger partial charge in [0, 0.05) is 5.56 Å². The molecule has 3 nitrogen and oxygen atoms in total. The fourth-order valence-corrected chi connectivity index (χ4v) is 1.02. The maximum atomic E-state index is 10.9. The smallest absolute Gasteiger partial charge is 0.438 e. The van der Waals surface area contributed by atoms with Gasteiger partial charge in [-0.25, -0.2) is 4.79 Å². The van der Waals surface area contributed by atoms with E-state index in [2.05, 4.69) is 16.6 Å². The van der Waals surface area contributed by atoms with Crippen molar-refractivity contribution in [3.8, 4) is 11.8 Å². The fourth-order valence-electron chi connectivity index (χ4n) is 1.02. The maximum absolute atomic E-state index is 10.9. The van der Waals surface area contributed by atoms with Crippen LogP contribution in [0.4, 0.5) is 4.79 Å². The molecule has 0 aromatic heterocycles. The van der Waals surface area contributed by atoms with E-state index in [1.165, 1.54) is 7.11 Å². The zero-order chi connectivity index (χ0) is 12.0. The molecule has 0 bridgehead atoms. The minimum Gasteiger partial charge on any atom is -0.438 e. The number of methoxy groups -OCH3 is 1. The molecule has 0 atom stereocenters. The van der Waals surface area contributed by atoms with E-state index >= 15 is 0 Å². The topological polar surface area (TPSA) is 35.5 Å². The molecule has 1 aromatic carbocycles. The monoisotopic (exact) mass is 218 g/mol. The van der Waals surface area contributed by atoms with E-state index in [1.807, 2.05) is 30.3 Å². The van der Waals surface area contributed by atoms with Gasteiger partial charge in [0.1, 0.15) is 0 Å². The molecule has 84 valence electrons. The molecular weight excluding hydrogens is 204 g/mol. The Hall–Kier alpha value is -1.95. The first-order valence-corrected chi connectivity index (χ1v) is 4.89. The van der Waals surface area contributed by atoms with Crippen molar-refractivity contribution < 1.29 is 14.3 Å². The number of carbonyl (C=O) groups excluding carboxylic acids is 1. The van der Waals surface area contributed by atoms with Crippen LogP contribution in [0.3, 0.4) is 0 Å². The van der Waals surface area contributed by atoms with Crippen molar-refractivity contribution in [2.24, 2.45) is 0 Å². The second-order valence-corrected chi connectivity index (χ2v) is 3.68. The van der Waals surface area contributed by atoms with E-state index in [0.717, 1.165) is 5.56 Å². The summed E-state index contributed by atoms with van der Waals surface area (Å²) in [6, 6.07) is 9.50. The van der Waals surface area contributed by atoms with E-state index in [-0.39, 0.29) is 0 Å². The van der Waals surface area contributed by atoms with E-state index in [0.29, 0.717) is 0 Å². The highest BCUT2D eigenvalue weighted by Crippen LogP contribution is 2.09. The Morgan fingerprint density at radius 1 is 1.25 bits per heavy atom. The number of hydrogen-bond donors (Lipinski definition) is 0. The molecule has 0 aliphatic carbocycles. The first kappa shape index (κ1) is 12.1. The summed E-state index contributed by atoms with van der Waals surface area (Å²) >= 11 is 0. The van der Waals surface area contributed by atoms with Crippen LogP contribution in [0.25, 0.3) is 0 Å². The van der Waals surface area contributed by atoms with Crippen molar-refractivity contribution in [2.75, 3.05) is 7.11 Å². The SMILES string of the molecule is COC(=O)OC(C)(C)C#Cc1ccccc1. The summed E-state index contributed by atoms with van der Waals surface area (Å²) in [6.07, 6.45) is -0.729. The van der Waals surface area contributed by atoms with Gasteiger partial charge >= 0.3 is 6.16 Å². The van der Waals surface area contributed by atoms with Crippen LogP contribution in [0.1, 0.15) is 19.4 Å². The third-order valence-electron chi connectivity index (χ3n) is 1.79. The van der Waals surface area contributed by atoms with Gasteiger partial charge in [-0.1, -0.05) is 30.0 Å². The van der Waals surface area contributed by atoms with Crippen molar-refractivity contribution in [3.63, 3.8) is 0 Å². The molecule has 3 heteroatoms. The molecular formula is C13H14O3. The third-order valence-corrected chi connectivity index (χ3v) is 1.79. The van der Waals surface area contributed by atoms with Crippen LogP contribution in [0, 0.1) is 11.8 Å². The molecule has 1 rings (SSSR count). The highest BCUT2D eigenvalue weighted by molar-refractivity contribution is 5.60. The van der Waals surface area contributed by atoms with Crippen LogP contribution in [0.15, 0.2) is 30.3 Å². The van der Waals surface area contributed by atoms with E-state index in [9.17, 15) is 4.79 Å². The maximum Gasteiger partial charge on any atom is 0.509 e. The van der Waals surface area contributed by atoms with Crippen LogP contribution < -0.4 is 0 Å². The van der Waals surface area contributed by atoms with Crippen LogP contribution >= 0.6 is 0 Å². The molecule has 0 fully saturated rings. The molecule has 0 aliphatic rings. The Kier molecular flexibility index (Phi) is 3.96. The Morgan fingerprint density at radius 2 is 1.88 bits per heavy atom. The quantitative estimate of drug-likeness (QED) is 0.537. The lowest BCUT2D eigenvalue weighted by Crippen LogP contribution is -2.26. The van der Waals surface area contributed by atoms with Crippen molar-refractivity contribution >= 4 is 6.16 Å². The van der Waals surface area contributed by atoms with Crippen molar-refractivity contribution in [2.45, 2.75) is 19.4 Å². The lowest BCUT2D eigenvalue weighted by atomic mass is 10.1. The summed E-state index contributed by atoms with van der Waals surface area (Å²) in [5.41, 5.74) is 0.0205. The normalized spacial score (nSPS) is 9.94. The summed E-state index contributed by atoms with van der Waals surface area (Å²) < 4.78 is 9.38. The third kappa shape index (κ3) is 4.05. The summed E-state index contributed by atoms with van der Waals surface area (Å²) in [6.45, 7) is 3.42. The Balaban J connectivity index is 2.73. The standard InChI is InChI=1S/C13H14O3/c1-13(2,16-12(14)15-3)10-9-11-7-5-4-6-8-11/h4-8H,1-3H3. The van der Waals surface area contributed by atoms with Gasteiger partial charge in [-0.05, 0) is 26.0 Å².